The van der Waals surface area contributed by atoms with Gasteiger partial charge >= 0.3 is 11.9 Å². The third kappa shape index (κ3) is 7.54. The standard InChI is InChI=1S/C29H38O5/c1-28(26(31)32,23-15-7-3-8-16-23)21-13-5-11-19-25(30)20-12-6-14-22-29(2,27(33)34)24-17-9-4-10-18-24/h3-4,7-10,15-18H,5-6,11-14,19-22H2,1-2H3,(H,31,32)(H,33,34). The quantitative estimate of drug-likeness (QED) is 0.274. The minimum absolute atomic E-state index is 0.230. The van der Waals surface area contributed by atoms with Crippen molar-refractivity contribution in [3.63, 3.8) is 0 Å². The summed E-state index contributed by atoms with van der Waals surface area (Å²) < 4.78 is 0. The molecular weight excluding hydrogens is 428 g/mol. The molecule has 0 fully saturated rings. The molecule has 0 radical (unpaired) electrons. The lowest BCUT2D eigenvalue weighted by Crippen LogP contribution is -2.32. The van der Waals surface area contributed by atoms with Crippen LogP contribution >= 0.6 is 0 Å². The van der Waals surface area contributed by atoms with Crippen LogP contribution in [0, 0.1) is 0 Å². The molecule has 2 aromatic carbocycles. The molecule has 2 rings (SSSR count). The van der Waals surface area contributed by atoms with Crippen molar-refractivity contribution in [3.05, 3.63) is 71.8 Å². The first-order valence-corrected chi connectivity index (χ1v) is 12.3. The minimum Gasteiger partial charge on any atom is -0.481 e. The van der Waals surface area contributed by atoms with Crippen LogP contribution in [-0.4, -0.2) is 27.9 Å². The van der Waals surface area contributed by atoms with Gasteiger partial charge in [-0.2, -0.15) is 0 Å². The molecule has 0 heterocycles. The largest absolute Gasteiger partial charge is 0.481 e. The summed E-state index contributed by atoms with van der Waals surface area (Å²) in [5, 5.41) is 19.5. The Morgan fingerprint density at radius 2 is 0.941 bits per heavy atom. The van der Waals surface area contributed by atoms with Crippen LogP contribution < -0.4 is 0 Å². The molecule has 0 amide bonds. The molecule has 184 valence electrons. The molecule has 0 aliphatic heterocycles. The Morgan fingerprint density at radius 1 is 0.588 bits per heavy atom. The van der Waals surface area contributed by atoms with Gasteiger partial charge in [0, 0.05) is 12.8 Å². The predicted octanol–water partition coefficient (Wildman–Crippen LogP) is 6.54. The van der Waals surface area contributed by atoms with E-state index in [4.69, 9.17) is 0 Å². The maximum atomic E-state index is 12.2. The Bertz CT molecular complexity index is 849. The van der Waals surface area contributed by atoms with Crippen LogP contribution in [0.3, 0.4) is 0 Å². The van der Waals surface area contributed by atoms with Crippen molar-refractivity contribution < 1.29 is 24.6 Å². The van der Waals surface area contributed by atoms with Crippen LogP contribution in [0.25, 0.3) is 0 Å². The molecule has 5 heteroatoms. The van der Waals surface area contributed by atoms with Gasteiger partial charge in [0.05, 0.1) is 10.8 Å². The van der Waals surface area contributed by atoms with E-state index in [-0.39, 0.29) is 5.78 Å². The van der Waals surface area contributed by atoms with Gasteiger partial charge in [-0.05, 0) is 50.7 Å². The summed E-state index contributed by atoms with van der Waals surface area (Å²) in [6, 6.07) is 18.6. The van der Waals surface area contributed by atoms with Crippen LogP contribution in [-0.2, 0) is 25.2 Å². The number of aliphatic carboxylic acids is 2. The highest BCUT2D eigenvalue weighted by Gasteiger charge is 2.35. The van der Waals surface area contributed by atoms with Crippen molar-refractivity contribution in [2.75, 3.05) is 0 Å². The molecule has 2 N–H and O–H groups in total. The van der Waals surface area contributed by atoms with E-state index in [9.17, 15) is 24.6 Å². The van der Waals surface area contributed by atoms with Gasteiger partial charge < -0.3 is 10.2 Å². The SMILES string of the molecule is CC(CCCCCC(=O)CCCCCC(C)(C(=O)O)c1ccccc1)(C(=O)O)c1ccccc1. The number of carboxylic acids is 2. The van der Waals surface area contributed by atoms with Crippen LogP contribution in [0.4, 0.5) is 0 Å². The Balaban J connectivity index is 1.65. The van der Waals surface area contributed by atoms with Crippen molar-refractivity contribution in [1.29, 1.82) is 0 Å². The zero-order chi connectivity index (χ0) is 25.0. The summed E-state index contributed by atoms with van der Waals surface area (Å²) in [4.78, 5) is 36.0. The number of carbonyl (C=O) groups is 3. The molecule has 0 aromatic heterocycles. The van der Waals surface area contributed by atoms with Gasteiger partial charge in [0.25, 0.3) is 0 Å². The monoisotopic (exact) mass is 466 g/mol. The molecule has 2 aromatic rings. The molecule has 0 saturated heterocycles. The third-order valence-electron chi connectivity index (χ3n) is 7.03. The van der Waals surface area contributed by atoms with Crippen molar-refractivity contribution in [2.45, 2.75) is 88.9 Å². The first-order valence-electron chi connectivity index (χ1n) is 12.3. The molecule has 0 aliphatic rings. The number of ketones is 1. The summed E-state index contributed by atoms with van der Waals surface area (Å²) >= 11 is 0. The fourth-order valence-electron chi connectivity index (χ4n) is 4.44. The third-order valence-corrected chi connectivity index (χ3v) is 7.03. The molecule has 0 bridgehead atoms. The highest BCUT2D eigenvalue weighted by molar-refractivity contribution is 5.81. The van der Waals surface area contributed by atoms with Gasteiger partial charge in [-0.1, -0.05) is 86.3 Å². The van der Waals surface area contributed by atoms with E-state index in [1.54, 1.807) is 13.8 Å². The number of carbonyl (C=O) groups excluding carboxylic acids is 1. The first-order chi connectivity index (χ1) is 16.2. The van der Waals surface area contributed by atoms with E-state index in [0.717, 1.165) is 49.7 Å². The van der Waals surface area contributed by atoms with E-state index in [0.29, 0.717) is 25.7 Å². The number of unbranched alkanes of at least 4 members (excludes halogenated alkanes) is 4. The van der Waals surface area contributed by atoms with Crippen LogP contribution in [0.5, 0.6) is 0 Å². The Labute approximate surface area is 203 Å². The highest BCUT2D eigenvalue weighted by Crippen LogP contribution is 2.31. The molecule has 0 saturated carbocycles. The summed E-state index contributed by atoms with van der Waals surface area (Å²) in [5.41, 5.74) is -0.194. The topological polar surface area (TPSA) is 91.7 Å². The van der Waals surface area contributed by atoms with Crippen molar-refractivity contribution >= 4 is 17.7 Å². The highest BCUT2D eigenvalue weighted by atomic mass is 16.4. The zero-order valence-electron chi connectivity index (χ0n) is 20.5. The van der Waals surface area contributed by atoms with E-state index in [1.807, 2.05) is 60.7 Å². The summed E-state index contributed by atoms with van der Waals surface area (Å²) in [5.74, 6) is -1.41. The van der Waals surface area contributed by atoms with Crippen LogP contribution in [0.15, 0.2) is 60.7 Å². The lowest BCUT2D eigenvalue weighted by Gasteiger charge is -2.25. The van der Waals surface area contributed by atoms with E-state index in [2.05, 4.69) is 0 Å². The van der Waals surface area contributed by atoms with E-state index < -0.39 is 22.8 Å². The van der Waals surface area contributed by atoms with Crippen molar-refractivity contribution in [2.24, 2.45) is 0 Å². The fraction of sp³-hybridized carbons (Fsp3) is 0.483. The summed E-state index contributed by atoms with van der Waals surface area (Å²) in [6.07, 6.45) is 6.86. The number of benzene rings is 2. The van der Waals surface area contributed by atoms with Gasteiger partial charge in [0.1, 0.15) is 5.78 Å². The first kappa shape index (κ1) is 27.3. The average molecular weight is 467 g/mol. The number of Topliss-reactive ketones (excluding diaryl/α,β-unsaturated/α-hetero) is 1. The van der Waals surface area contributed by atoms with Gasteiger partial charge in [-0.15, -0.1) is 0 Å². The Hall–Kier alpha value is -2.95. The number of hydrogen-bond acceptors (Lipinski definition) is 3. The van der Waals surface area contributed by atoms with E-state index in [1.165, 1.54) is 0 Å². The summed E-state index contributed by atoms with van der Waals surface area (Å²) in [6.45, 7) is 3.53. The lowest BCUT2D eigenvalue weighted by atomic mass is 9.78. The second kappa shape index (κ2) is 13.1. The van der Waals surface area contributed by atoms with Crippen LogP contribution in [0.2, 0.25) is 0 Å². The predicted molar refractivity (Wildman–Crippen MR) is 134 cm³/mol. The van der Waals surface area contributed by atoms with Gasteiger partial charge in [0.2, 0.25) is 0 Å². The van der Waals surface area contributed by atoms with Gasteiger partial charge in [-0.25, -0.2) is 0 Å². The zero-order valence-corrected chi connectivity index (χ0v) is 20.5. The van der Waals surface area contributed by atoms with Gasteiger partial charge in [0.15, 0.2) is 0 Å². The molecule has 34 heavy (non-hydrogen) atoms. The molecule has 2 unspecified atom stereocenters. The number of hydrogen-bond donors (Lipinski definition) is 2. The van der Waals surface area contributed by atoms with E-state index >= 15 is 0 Å². The molecular formula is C29H38O5. The fourth-order valence-corrected chi connectivity index (χ4v) is 4.44. The average Bonchev–Trinajstić information content (AvgIpc) is 2.84. The molecule has 5 nitrogen and oxygen atoms in total. The van der Waals surface area contributed by atoms with Crippen LogP contribution in [0.1, 0.15) is 89.2 Å². The summed E-state index contributed by atoms with van der Waals surface area (Å²) in [7, 11) is 0. The van der Waals surface area contributed by atoms with Crippen molar-refractivity contribution in [3.8, 4) is 0 Å². The number of rotatable bonds is 16. The smallest absolute Gasteiger partial charge is 0.313 e. The maximum absolute atomic E-state index is 12.2. The molecule has 0 spiro atoms. The molecule has 0 aliphatic carbocycles. The maximum Gasteiger partial charge on any atom is 0.313 e. The lowest BCUT2D eigenvalue weighted by molar-refractivity contribution is -0.144. The second-order valence-corrected chi connectivity index (χ2v) is 9.67. The second-order valence-electron chi connectivity index (χ2n) is 9.67. The Kier molecular flexibility index (Phi) is 10.5. The minimum atomic E-state index is -0.907. The van der Waals surface area contributed by atoms with Crippen molar-refractivity contribution in [1.82, 2.24) is 0 Å². The number of carboxylic acid groups (broad SMARTS) is 2. The normalized spacial score (nSPS) is 14.6. The Morgan fingerprint density at radius 3 is 1.26 bits per heavy atom. The molecule has 2 atom stereocenters. The van der Waals surface area contributed by atoms with Gasteiger partial charge in [-0.3, -0.25) is 14.4 Å².